The molecule has 128 valence electrons. The molecule has 1 aliphatic rings. The molecule has 1 amide bonds. The average Bonchev–Trinajstić information content (AvgIpc) is 3.07. The fourth-order valence-corrected chi connectivity index (χ4v) is 2.99. The Morgan fingerprint density at radius 1 is 1.20 bits per heavy atom. The number of amides is 1. The van der Waals surface area contributed by atoms with Crippen LogP contribution < -0.4 is 10.6 Å². The van der Waals surface area contributed by atoms with Gasteiger partial charge in [-0.25, -0.2) is 4.98 Å². The van der Waals surface area contributed by atoms with E-state index in [4.69, 9.17) is 4.74 Å². The second-order valence-electron chi connectivity index (χ2n) is 6.16. The number of morpholine rings is 1. The summed E-state index contributed by atoms with van der Waals surface area (Å²) in [5.41, 5.74) is 3.72. The van der Waals surface area contributed by atoms with Gasteiger partial charge in [-0.1, -0.05) is 12.1 Å². The number of para-hydroxylation sites is 2. The number of aromatic amines is 1. The molecule has 2 heterocycles. The standard InChI is InChI=1S/C19H20N4O2/c24-18(11-15-12-25-10-9-20-15)21-14-7-5-13(6-8-14)19-22-16-3-1-2-4-17(16)23-19/h1-8,15,20H,9-12H2,(H,21,24)(H,22,23). The van der Waals surface area contributed by atoms with Crippen LogP contribution in [-0.4, -0.2) is 41.7 Å². The summed E-state index contributed by atoms with van der Waals surface area (Å²) < 4.78 is 5.37. The summed E-state index contributed by atoms with van der Waals surface area (Å²) in [5.74, 6) is 0.808. The third kappa shape index (κ3) is 3.70. The number of ether oxygens (including phenoxy) is 1. The van der Waals surface area contributed by atoms with Gasteiger partial charge in [-0.05, 0) is 36.4 Å². The van der Waals surface area contributed by atoms with Crippen LogP contribution in [0.5, 0.6) is 0 Å². The topological polar surface area (TPSA) is 79.0 Å². The third-order valence-electron chi connectivity index (χ3n) is 4.26. The first-order valence-electron chi connectivity index (χ1n) is 8.44. The third-order valence-corrected chi connectivity index (χ3v) is 4.26. The molecule has 0 saturated carbocycles. The maximum absolute atomic E-state index is 12.1. The number of hydrogen-bond acceptors (Lipinski definition) is 4. The van der Waals surface area contributed by atoms with Gasteiger partial charge in [-0.3, -0.25) is 4.79 Å². The maximum Gasteiger partial charge on any atom is 0.226 e. The van der Waals surface area contributed by atoms with Crippen LogP contribution in [-0.2, 0) is 9.53 Å². The number of imidazole rings is 1. The molecule has 1 aliphatic heterocycles. The molecule has 25 heavy (non-hydrogen) atoms. The van der Waals surface area contributed by atoms with Gasteiger partial charge in [0.1, 0.15) is 5.82 Å². The van der Waals surface area contributed by atoms with Crippen LogP contribution in [0.3, 0.4) is 0 Å². The minimum absolute atomic E-state index is 0.0144. The number of nitrogens with zero attached hydrogens (tertiary/aromatic N) is 1. The van der Waals surface area contributed by atoms with E-state index in [1.54, 1.807) is 0 Å². The highest BCUT2D eigenvalue weighted by molar-refractivity contribution is 5.91. The largest absolute Gasteiger partial charge is 0.378 e. The van der Waals surface area contributed by atoms with Gasteiger partial charge >= 0.3 is 0 Å². The van der Waals surface area contributed by atoms with Gasteiger partial charge < -0.3 is 20.4 Å². The molecule has 0 aliphatic carbocycles. The predicted octanol–water partition coefficient (Wildman–Crippen LogP) is 2.55. The molecule has 1 saturated heterocycles. The van der Waals surface area contributed by atoms with Gasteiger partial charge in [-0.2, -0.15) is 0 Å². The first kappa shape index (κ1) is 15.8. The summed E-state index contributed by atoms with van der Waals surface area (Å²) in [4.78, 5) is 20.0. The van der Waals surface area contributed by atoms with E-state index in [9.17, 15) is 4.79 Å². The second kappa shape index (κ2) is 7.04. The molecule has 6 nitrogen and oxygen atoms in total. The van der Waals surface area contributed by atoms with Crippen molar-refractivity contribution in [2.45, 2.75) is 12.5 Å². The molecule has 0 spiro atoms. The summed E-state index contributed by atoms with van der Waals surface area (Å²) in [6, 6.07) is 15.7. The van der Waals surface area contributed by atoms with Crippen LogP contribution in [0, 0.1) is 0 Å². The van der Waals surface area contributed by atoms with E-state index in [-0.39, 0.29) is 11.9 Å². The van der Waals surface area contributed by atoms with Crippen molar-refractivity contribution in [2.24, 2.45) is 0 Å². The van der Waals surface area contributed by atoms with Crippen molar-refractivity contribution in [3.05, 3.63) is 48.5 Å². The van der Waals surface area contributed by atoms with E-state index < -0.39 is 0 Å². The summed E-state index contributed by atoms with van der Waals surface area (Å²) in [6.07, 6.45) is 0.408. The Morgan fingerprint density at radius 2 is 2.04 bits per heavy atom. The van der Waals surface area contributed by atoms with E-state index in [0.29, 0.717) is 19.6 Å². The van der Waals surface area contributed by atoms with E-state index in [1.165, 1.54) is 0 Å². The molecule has 6 heteroatoms. The van der Waals surface area contributed by atoms with E-state index in [2.05, 4.69) is 20.6 Å². The van der Waals surface area contributed by atoms with Crippen LogP contribution in [0.4, 0.5) is 5.69 Å². The summed E-state index contributed by atoms with van der Waals surface area (Å²) >= 11 is 0. The van der Waals surface area contributed by atoms with Crippen molar-refractivity contribution in [2.75, 3.05) is 25.1 Å². The molecule has 2 aromatic carbocycles. The molecule has 1 atom stereocenters. The quantitative estimate of drug-likeness (QED) is 0.684. The highest BCUT2D eigenvalue weighted by atomic mass is 16.5. The van der Waals surface area contributed by atoms with Crippen molar-refractivity contribution in [3.8, 4) is 11.4 Å². The van der Waals surface area contributed by atoms with Gasteiger partial charge in [-0.15, -0.1) is 0 Å². The van der Waals surface area contributed by atoms with Crippen molar-refractivity contribution in [3.63, 3.8) is 0 Å². The summed E-state index contributed by atoms with van der Waals surface area (Å²) in [5, 5.41) is 6.21. The SMILES string of the molecule is O=C(CC1COCCN1)Nc1ccc(-c2nc3ccccc3[nH]2)cc1. The van der Waals surface area contributed by atoms with E-state index in [1.807, 2.05) is 48.5 Å². The zero-order chi connectivity index (χ0) is 17.1. The van der Waals surface area contributed by atoms with Crippen molar-refractivity contribution < 1.29 is 9.53 Å². The first-order valence-corrected chi connectivity index (χ1v) is 8.44. The summed E-state index contributed by atoms with van der Waals surface area (Å²) in [7, 11) is 0. The number of nitrogens with one attached hydrogen (secondary N) is 3. The summed E-state index contributed by atoms with van der Waals surface area (Å²) in [6.45, 7) is 2.09. The van der Waals surface area contributed by atoms with Gasteiger partial charge in [0.05, 0.1) is 24.2 Å². The molecule has 1 aromatic heterocycles. The van der Waals surface area contributed by atoms with Crippen molar-refractivity contribution >= 4 is 22.6 Å². The van der Waals surface area contributed by atoms with Crippen LogP contribution >= 0.6 is 0 Å². The number of hydrogen-bond donors (Lipinski definition) is 3. The molecule has 3 N–H and O–H groups in total. The Balaban J connectivity index is 1.41. The highest BCUT2D eigenvalue weighted by Crippen LogP contribution is 2.22. The van der Waals surface area contributed by atoms with Gasteiger partial charge in [0.15, 0.2) is 0 Å². The lowest BCUT2D eigenvalue weighted by Crippen LogP contribution is -2.43. The molecular formula is C19H20N4O2. The molecular weight excluding hydrogens is 316 g/mol. The monoisotopic (exact) mass is 336 g/mol. The fourth-order valence-electron chi connectivity index (χ4n) is 2.99. The Hall–Kier alpha value is -2.70. The smallest absolute Gasteiger partial charge is 0.226 e. The van der Waals surface area contributed by atoms with Crippen molar-refractivity contribution in [1.82, 2.24) is 15.3 Å². The number of fused-ring (bicyclic) bond motifs is 1. The van der Waals surface area contributed by atoms with Crippen LogP contribution in [0.15, 0.2) is 48.5 Å². The lowest BCUT2D eigenvalue weighted by atomic mass is 10.1. The highest BCUT2D eigenvalue weighted by Gasteiger charge is 2.16. The lowest BCUT2D eigenvalue weighted by Gasteiger charge is -2.23. The second-order valence-corrected chi connectivity index (χ2v) is 6.16. The Labute approximate surface area is 145 Å². The van der Waals surface area contributed by atoms with Crippen LogP contribution in [0.1, 0.15) is 6.42 Å². The normalized spacial score (nSPS) is 17.5. The number of rotatable bonds is 4. The fraction of sp³-hybridized carbons (Fsp3) is 0.263. The molecule has 0 radical (unpaired) electrons. The predicted molar refractivity (Wildman–Crippen MR) is 97.4 cm³/mol. The molecule has 0 bridgehead atoms. The maximum atomic E-state index is 12.1. The molecule has 1 fully saturated rings. The molecule has 3 aromatic rings. The number of aromatic nitrogens is 2. The minimum Gasteiger partial charge on any atom is -0.378 e. The van der Waals surface area contributed by atoms with Gasteiger partial charge in [0.2, 0.25) is 5.91 Å². The first-order chi connectivity index (χ1) is 12.3. The molecule has 1 unspecified atom stereocenters. The number of H-pyrrole nitrogens is 1. The van der Waals surface area contributed by atoms with Crippen LogP contribution in [0.25, 0.3) is 22.4 Å². The van der Waals surface area contributed by atoms with Crippen molar-refractivity contribution in [1.29, 1.82) is 0 Å². The van der Waals surface area contributed by atoms with E-state index in [0.717, 1.165) is 34.7 Å². The Bertz CT molecular complexity index is 834. The number of carbonyl (C=O) groups is 1. The number of anilines is 1. The molecule has 4 rings (SSSR count). The Kier molecular flexibility index (Phi) is 4.45. The lowest BCUT2D eigenvalue weighted by molar-refractivity contribution is -0.117. The van der Waals surface area contributed by atoms with Gasteiger partial charge in [0, 0.05) is 30.3 Å². The average molecular weight is 336 g/mol. The minimum atomic E-state index is -0.0144. The zero-order valence-corrected chi connectivity index (χ0v) is 13.8. The van der Waals surface area contributed by atoms with E-state index >= 15 is 0 Å². The Morgan fingerprint density at radius 3 is 2.80 bits per heavy atom. The number of benzene rings is 2. The van der Waals surface area contributed by atoms with Crippen LogP contribution in [0.2, 0.25) is 0 Å². The number of carbonyl (C=O) groups excluding carboxylic acids is 1. The zero-order valence-electron chi connectivity index (χ0n) is 13.8. The van der Waals surface area contributed by atoms with Gasteiger partial charge in [0.25, 0.3) is 0 Å².